The van der Waals surface area contributed by atoms with E-state index in [-0.39, 0.29) is 10.6 Å². The van der Waals surface area contributed by atoms with Crippen molar-refractivity contribution in [3.8, 4) is 0 Å². The van der Waals surface area contributed by atoms with Gasteiger partial charge in [-0.3, -0.25) is 15.0 Å². The van der Waals surface area contributed by atoms with Crippen LogP contribution in [0.15, 0.2) is 18.2 Å². The quantitative estimate of drug-likeness (QED) is 0.584. The smallest absolute Gasteiger partial charge is 0.292 e. The Labute approximate surface area is 118 Å². The molecule has 0 saturated heterocycles. The van der Waals surface area contributed by atoms with Crippen LogP contribution in [0.1, 0.15) is 18.4 Å². The van der Waals surface area contributed by atoms with Crippen LogP contribution in [-0.2, 0) is 11.3 Å². The molecule has 6 nitrogen and oxygen atoms in total. The normalized spacial score (nSPS) is 14.6. The van der Waals surface area contributed by atoms with E-state index in [2.05, 4.69) is 10.2 Å². The second-order valence-electron chi connectivity index (χ2n) is 5.05. The summed E-state index contributed by atoms with van der Waals surface area (Å²) in [6, 6.07) is 5.91. The van der Waals surface area contributed by atoms with E-state index < -0.39 is 0 Å². The van der Waals surface area contributed by atoms with Crippen LogP contribution in [0, 0.1) is 10.1 Å². The summed E-state index contributed by atoms with van der Waals surface area (Å²) in [5.74, 6) is 0. The van der Waals surface area contributed by atoms with Gasteiger partial charge in [0, 0.05) is 39.4 Å². The Balaban J connectivity index is 2.09. The Kier molecular flexibility index (Phi) is 4.92. The van der Waals surface area contributed by atoms with E-state index >= 15 is 0 Å². The number of methoxy groups -OCH3 is 1. The third kappa shape index (κ3) is 3.68. The van der Waals surface area contributed by atoms with Gasteiger partial charge in [-0.05, 0) is 24.5 Å². The molecule has 0 heterocycles. The first kappa shape index (κ1) is 14.7. The van der Waals surface area contributed by atoms with Crippen molar-refractivity contribution in [2.75, 3.05) is 32.6 Å². The van der Waals surface area contributed by atoms with Crippen LogP contribution < -0.4 is 5.32 Å². The molecule has 1 aromatic rings. The Morgan fingerprint density at radius 3 is 2.80 bits per heavy atom. The first-order valence-electron chi connectivity index (χ1n) is 6.83. The zero-order chi connectivity index (χ0) is 14.5. The van der Waals surface area contributed by atoms with Crippen molar-refractivity contribution in [2.45, 2.75) is 25.4 Å². The topological polar surface area (TPSA) is 67.6 Å². The van der Waals surface area contributed by atoms with Gasteiger partial charge in [-0.2, -0.15) is 0 Å². The number of nitro groups is 1. The molecule has 1 aromatic carbocycles. The van der Waals surface area contributed by atoms with Crippen LogP contribution >= 0.6 is 0 Å². The third-order valence-electron chi connectivity index (χ3n) is 3.56. The van der Waals surface area contributed by atoms with Crippen LogP contribution in [-0.4, -0.2) is 43.2 Å². The minimum Gasteiger partial charge on any atom is -0.383 e. The van der Waals surface area contributed by atoms with E-state index in [4.69, 9.17) is 4.74 Å². The molecule has 0 bridgehead atoms. The minimum atomic E-state index is -0.362. The highest BCUT2D eigenvalue weighted by atomic mass is 16.6. The van der Waals surface area contributed by atoms with Crippen molar-refractivity contribution in [1.82, 2.24) is 4.90 Å². The van der Waals surface area contributed by atoms with Gasteiger partial charge < -0.3 is 10.1 Å². The molecule has 0 radical (unpaired) electrons. The highest BCUT2D eigenvalue weighted by molar-refractivity contribution is 5.62. The Hall–Kier alpha value is -1.66. The van der Waals surface area contributed by atoms with Gasteiger partial charge in [0.05, 0.1) is 11.5 Å². The van der Waals surface area contributed by atoms with E-state index in [0.29, 0.717) is 18.3 Å². The van der Waals surface area contributed by atoms with Gasteiger partial charge in [0.15, 0.2) is 0 Å². The third-order valence-corrected chi connectivity index (χ3v) is 3.56. The molecule has 0 unspecified atom stereocenters. The number of nitrogens with zero attached hydrogens (tertiary/aromatic N) is 2. The van der Waals surface area contributed by atoms with Crippen molar-refractivity contribution in [1.29, 1.82) is 0 Å². The van der Waals surface area contributed by atoms with E-state index in [1.807, 2.05) is 12.1 Å². The van der Waals surface area contributed by atoms with Crippen LogP contribution in [0.4, 0.5) is 11.4 Å². The molecule has 1 fully saturated rings. The maximum atomic E-state index is 10.9. The van der Waals surface area contributed by atoms with Gasteiger partial charge in [0.25, 0.3) is 5.69 Å². The van der Waals surface area contributed by atoms with Gasteiger partial charge in [-0.1, -0.05) is 6.07 Å². The number of nitrogens with one attached hydrogen (secondary N) is 1. The highest BCUT2D eigenvalue weighted by Gasteiger charge is 2.28. The molecule has 110 valence electrons. The number of hydrogen-bond donors (Lipinski definition) is 1. The summed E-state index contributed by atoms with van der Waals surface area (Å²) < 4.78 is 5.14. The van der Waals surface area contributed by atoms with Crippen molar-refractivity contribution < 1.29 is 9.66 Å². The van der Waals surface area contributed by atoms with Crippen molar-refractivity contribution >= 4 is 11.4 Å². The predicted molar refractivity (Wildman–Crippen MR) is 78.0 cm³/mol. The van der Waals surface area contributed by atoms with Crippen LogP contribution in [0.3, 0.4) is 0 Å². The van der Waals surface area contributed by atoms with Gasteiger partial charge >= 0.3 is 0 Å². The number of ether oxygens (including phenoxy) is 1. The number of benzene rings is 1. The van der Waals surface area contributed by atoms with Crippen molar-refractivity contribution in [2.24, 2.45) is 0 Å². The van der Waals surface area contributed by atoms with E-state index in [1.54, 1.807) is 20.2 Å². The lowest BCUT2D eigenvalue weighted by atomic mass is 10.1. The van der Waals surface area contributed by atoms with Gasteiger partial charge in [-0.25, -0.2) is 0 Å². The zero-order valence-electron chi connectivity index (χ0n) is 12.0. The molecule has 2 rings (SSSR count). The summed E-state index contributed by atoms with van der Waals surface area (Å²) in [6.07, 6.45) is 2.46. The number of anilines is 1. The number of nitro benzene ring substituents is 1. The molecule has 0 amide bonds. The van der Waals surface area contributed by atoms with Crippen LogP contribution in [0.25, 0.3) is 0 Å². The molecule has 0 spiro atoms. The molecule has 1 saturated carbocycles. The molecule has 0 aromatic heterocycles. The summed E-state index contributed by atoms with van der Waals surface area (Å²) in [7, 11) is 3.41. The molecule has 20 heavy (non-hydrogen) atoms. The summed E-state index contributed by atoms with van der Waals surface area (Å²) in [6.45, 7) is 2.41. The van der Waals surface area contributed by atoms with Gasteiger partial charge in [-0.15, -0.1) is 0 Å². The molecule has 1 aliphatic carbocycles. The SMILES string of the molecule is CNc1cc(CN(CCOC)C2CC2)ccc1[N+](=O)[O-]. The largest absolute Gasteiger partial charge is 0.383 e. The Bertz CT molecular complexity index is 475. The van der Waals surface area contributed by atoms with Gasteiger partial charge in [0.1, 0.15) is 5.69 Å². The molecular weight excluding hydrogens is 258 g/mol. The van der Waals surface area contributed by atoms with E-state index in [9.17, 15) is 10.1 Å². The first-order chi connectivity index (χ1) is 9.65. The number of rotatable bonds is 8. The average molecular weight is 279 g/mol. The van der Waals surface area contributed by atoms with Gasteiger partial charge in [0.2, 0.25) is 0 Å². The fourth-order valence-corrected chi connectivity index (χ4v) is 2.31. The lowest BCUT2D eigenvalue weighted by Crippen LogP contribution is -2.29. The summed E-state index contributed by atoms with van der Waals surface area (Å²) in [4.78, 5) is 12.9. The van der Waals surface area contributed by atoms with Crippen LogP contribution in [0.5, 0.6) is 0 Å². The predicted octanol–water partition coefficient (Wildman–Crippen LogP) is 2.25. The van der Waals surface area contributed by atoms with E-state index in [1.165, 1.54) is 12.8 Å². The Morgan fingerprint density at radius 2 is 2.25 bits per heavy atom. The Morgan fingerprint density at radius 1 is 1.50 bits per heavy atom. The van der Waals surface area contributed by atoms with Crippen molar-refractivity contribution in [3.05, 3.63) is 33.9 Å². The maximum absolute atomic E-state index is 10.9. The second kappa shape index (κ2) is 6.67. The fourth-order valence-electron chi connectivity index (χ4n) is 2.31. The standard InChI is InChI=1S/C14H21N3O3/c1-15-13-9-11(3-6-14(13)17(18)19)10-16(7-8-20-2)12-4-5-12/h3,6,9,12,15H,4-5,7-8,10H2,1-2H3. The van der Waals surface area contributed by atoms with Crippen LogP contribution in [0.2, 0.25) is 0 Å². The maximum Gasteiger partial charge on any atom is 0.292 e. The summed E-state index contributed by atoms with van der Waals surface area (Å²) in [5.41, 5.74) is 1.77. The second-order valence-corrected chi connectivity index (χ2v) is 5.05. The molecule has 1 aliphatic rings. The zero-order valence-corrected chi connectivity index (χ0v) is 12.0. The lowest BCUT2D eigenvalue weighted by Gasteiger charge is -2.21. The lowest BCUT2D eigenvalue weighted by molar-refractivity contribution is -0.384. The highest BCUT2D eigenvalue weighted by Crippen LogP contribution is 2.30. The average Bonchev–Trinajstić information content (AvgIpc) is 3.27. The number of hydrogen-bond acceptors (Lipinski definition) is 5. The summed E-state index contributed by atoms with van der Waals surface area (Å²) in [5, 5.41) is 13.8. The molecule has 0 aliphatic heterocycles. The minimum absolute atomic E-state index is 0.117. The first-order valence-corrected chi connectivity index (χ1v) is 6.83. The molecule has 0 atom stereocenters. The molecule has 6 heteroatoms. The molecule has 1 N–H and O–H groups in total. The van der Waals surface area contributed by atoms with E-state index in [0.717, 1.165) is 18.7 Å². The van der Waals surface area contributed by atoms with Crippen molar-refractivity contribution in [3.63, 3.8) is 0 Å². The fraction of sp³-hybridized carbons (Fsp3) is 0.571. The summed E-state index contributed by atoms with van der Waals surface area (Å²) >= 11 is 0. The molecular formula is C14H21N3O3. The monoisotopic (exact) mass is 279 g/mol.